The van der Waals surface area contributed by atoms with E-state index in [0.29, 0.717) is 19.8 Å². The summed E-state index contributed by atoms with van der Waals surface area (Å²) in [6.07, 6.45) is 0.804. The zero-order chi connectivity index (χ0) is 13.6. The Bertz CT molecular complexity index is 259. The SMILES string of the molecule is CN(C)CCNCN(C=O)CC1COC(C)(C)O1. The van der Waals surface area contributed by atoms with Gasteiger partial charge in [0.1, 0.15) is 6.10 Å². The molecule has 0 spiro atoms. The van der Waals surface area contributed by atoms with Crippen LogP contribution in [0.15, 0.2) is 0 Å². The van der Waals surface area contributed by atoms with Gasteiger partial charge in [0, 0.05) is 13.1 Å². The lowest BCUT2D eigenvalue weighted by Gasteiger charge is -2.23. The van der Waals surface area contributed by atoms with Crippen LogP contribution < -0.4 is 5.32 Å². The Hall–Kier alpha value is -0.690. The number of rotatable bonds is 8. The van der Waals surface area contributed by atoms with Gasteiger partial charge < -0.3 is 19.3 Å². The molecule has 1 heterocycles. The fourth-order valence-electron chi connectivity index (χ4n) is 1.78. The quantitative estimate of drug-likeness (QED) is 0.369. The number of hydrogen-bond acceptors (Lipinski definition) is 5. The van der Waals surface area contributed by atoms with Crippen molar-refractivity contribution in [3.63, 3.8) is 0 Å². The van der Waals surface area contributed by atoms with Gasteiger partial charge in [0.2, 0.25) is 6.41 Å². The first-order valence-corrected chi connectivity index (χ1v) is 6.29. The third-order valence-electron chi connectivity index (χ3n) is 2.71. The molecule has 1 atom stereocenters. The predicted octanol–water partition coefficient (Wildman–Crippen LogP) is -0.295. The van der Waals surface area contributed by atoms with Gasteiger partial charge in [-0.2, -0.15) is 0 Å². The Morgan fingerprint density at radius 2 is 2.17 bits per heavy atom. The van der Waals surface area contributed by atoms with Gasteiger partial charge in [0.05, 0.1) is 19.8 Å². The maximum Gasteiger partial charge on any atom is 0.210 e. The van der Waals surface area contributed by atoms with E-state index in [2.05, 4.69) is 10.2 Å². The molecule has 0 aromatic heterocycles. The minimum absolute atomic E-state index is 0.0409. The molecule has 1 N–H and O–H groups in total. The van der Waals surface area contributed by atoms with Crippen LogP contribution in [-0.2, 0) is 14.3 Å². The van der Waals surface area contributed by atoms with E-state index in [9.17, 15) is 4.79 Å². The Kier molecular flexibility index (Phi) is 6.01. The van der Waals surface area contributed by atoms with Crippen LogP contribution in [-0.4, -0.2) is 75.1 Å². The minimum atomic E-state index is -0.530. The van der Waals surface area contributed by atoms with Crippen LogP contribution in [0.3, 0.4) is 0 Å². The first-order valence-electron chi connectivity index (χ1n) is 6.29. The summed E-state index contributed by atoms with van der Waals surface area (Å²) in [5.41, 5.74) is 0. The molecule has 1 saturated heterocycles. The molecule has 1 aliphatic heterocycles. The van der Waals surface area contributed by atoms with Gasteiger partial charge in [-0.3, -0.25) is 10.1 Å². The summed E-state index contributed by atoms with van der Waals surface area (Å²) in [6.45, 7) is 7.20. The second kappa shape index (κ2) is 7.04. The third-order valence-corrected chi connectivity index (χ3v) is 2.71. The molecule has 0 saturated carbocycles. The highest BCUT2D eigenvalue weighted by atomic mass is 16.7. The molecule has 18 heavy (non-hydrogen) atoms. The standard InChI is InChI=1S/C12H25N3O3/c1-12(2)17-8-11(18-12)7-15(10-16)9-13-5-6-14(3)4/h10-11,13H,5-9H2,1-4H3. The van der Waals surface area contributed by atoms with E-state index in [1.807, 2.05) is 27.9 Å². The minimum Gasteiger partial charge on any atom is -0.348 e. The summed E-state index contributed by atoms with van der Waals surface area (Å²) in [7, 11) is 4.04. The molecular weight excluding hydrogens is 234 g/mol. The van der Waals surface area contributed by atoms with E-state index >= 15 is 0 Å². The average molecular weight is 259 g/mol. The van der Waals surface area contributed by atoms with Crippen molar-refractivity contribution in [2.45, 2.75) is 25.7 Å². The van der Waals surface area contributed by atoms with Crippen molar-refractivity contribution in [3.8, 4) is 0 Å². The van der Waals surface area contributed by atoms with E-state index in [-0.39, 0.29) is 6.10 Å². The van der Waals surface area contributed by atoms with Crippen molar-refractivity contribution in [1.82, 2.24) is 15.1 Å². The molecule has 6 heteroatoms. The van der Waals surface area contributed by atoms with Crippen molar-refractivity contribution in [2.75, 3.05) is 47.0 Å². The van der Waals surface area contributed by atoms with E-state index in [4.69, 9.17) is 9.47 Å². The molecule has 1 amide bonds. The van der Waals surface area contributed by atoms with Crippen molar-refractivity contribution < 1.29 is 14.3 Å². The number of carbonyl (C=O) groups is 1. The molecule has 106 valence electrons. The van der Waals surface area contributed by atoms with Gasteiger partial charge in [-0.1, -0.05) is 0 Å². The number of amides is 1. The summed E-state index contributed by atoms with van der Waals surface area (Å²) < 4.78 is 11.1. The monoisotopic (exact) mass is 259 g/mol. The summed E-state index contributed by atoms with van der Waals surface area (Å²) >= 11 is 0. The highest BCUT2D eigenvalue weighted by Crippen LogP contribution is 2.22. The number of carbonyl (C=O) groups excluding carboxylic acids is 1. The van der Waals surface area contributed by atoms with Crippen LogP contribution in [0.1, 0.15) is 13.8 Å². The largest absolute Gasteiger partial charge is 0.348 e. The van der Waals surface area contributed by atoms with Crippen molar-refractivity contribution >= 4 is 6.41 Å². The first kappa shape index (κ1) is 15.4. The Morgan fingerprint density at radius 1 is 1.44 bits per heavy atom. The molecule has 0 aliphatic carbocycles. The average Bonchev–Trinajstić information content (AvgIpc) is 2.62. The van der Waals surface area contributed by atoms with E-state index in [0.717, 1.165) is 19.5 Å². The zero-order valence-electron chi connectivity index (χ0n) is 11.8. The molecule has 0 aromatic rings. The maximum atomic E-state index is 11.0. The highest BCUT2D eigenvalue weighted by molar-refractivity contribution is 5.46. The Morgan fingerprint density at radius 3 is 2.67 bits per heavy atom. The van der Waals surface area contributed by atoms with Gasteiger partial charge in [0.15, 0.2) is 5.79 Å². The lowest BCUT2D eigenvalue weighted by molar-refractivity contribution is -0.143. The molecule has 0 bridgehead atoms. The van der Waals surface area contributed by atoms with E-state index in [1.54, 1.807) is 4.90 Å². The maximum absolute atomic E-state index is 11.0. The predicted molar refractivity (Wildman–Crippen MR) is 69.1 cm³/mol. The normalized spacial score (nSPS) is 22.4. The summed E-state index contributed by atoms with van der Waals surface area (Å²) in [4.78, 5) is 14.7. The van der Waals surface area contributed by atoms with Crippen LogP contribution in [0.2, 0.25) is 0 Å². The molecule has 0 aromatic carbocycles. The highest BCUT2D eigenvalue weighted by Gasteiger charge is 2.33. The van der Waals surface area contributed by atoms with Crippen LogP contribution in [0.5, 0.6) is 0 Å². The van der Waals surface area contributed by atoms with E-state index in [1.165, 1.54) is 0 Å². The molecular formula is C12H25N3O3. The van der Waals surface area contributed by atoms with Crippen molar-refractivity contribution in [1.29, 1.82) is 0 Å². The number of ether oxygens (including phenoxy) is 2. The first-order chi connectivity index (χ1) is 8.43. The Labute approximate surface area is 109 Å². The molecule has 1 unspecified atom stereocenters. The fraction of sp³-hybridized carbons (Fsp3) is 0.917. The van der Waals surface area contributed by atoms with Crippen molar-refractivity contribution in [3.05, 3.63) is 0 Å². The molecule has 1 aliphatic rings. The zero-order valence-corrected chi connectivity index (χ0v) is 11.8. The lowest BCUT2D eigenvalue weighted by Crippen LogP contribution is -2.41. The van der Waals surface area contributed by atoms with Gasteiger partial charge in [-0.05, 0) is 27.9 Å². The number of nitrogens with one attached hydrogen (secondary N) is 1. The smallest absolute Gasteiger partial charge is 0.210 e. The van der Waals surface area contributed by atoms with Gasteiger partial charge in [-0.25, -0.2) is 0 Å². The lowest BCUT2D eigenvalue weighted by atomic mass is 10.3. The molecule has 6 nitrogen and oxygen atoms in total. The van der Waals surface area contributed by atoms with Gasteiger partial charge >= 0.3 is 0 Å². The molecule has 0 radical (unpaired) electrons. The van der Waals surface area contributed by atoms with Crippen LogP contribution in [0, 0.1) is 0 Å². The number of hydrogen-bond donors (Lipinski definition) is 1. The van der Waals surface area contributed by atoms with Gasteiger partial charge in [-0.15, -0.1) is 0 Å². The second-order valence-electron chi connectivity index (χ2n) is 5.29. The van der Waals surface area contributed by atoms with Crippen molar-refractivity contribution in [2.24, 2.45) is 0 Å². The molecule has 1 fully saturated rings. The van der Waals surface area contributed by atoms with Gasteiger partial charge in [0.25, 0.3) is 0 Å². The topological polar surface area (TPSA) is 54.0 Å². The third kappa shape index (κ3) is 5.77. The summed E-state index contributed by atoms with van der Waals surface area (Å²) in [5, 5.41) is 3.22. The number of likely N-dealkylation sites (N-methyl/N-ethyl adjacent to an activating group) is 1. The Balaban J connectivity index is 2.19. The van der Waals surface area contributed by atoms with E-state index < -0.39 is 5.79 Å². The van der Waals surface area contributed by atoms with Crippen LogP contribution in [0.25, 0.3) is 0 Å². The van der Waals surface area contributed by atoms with Crippen LogP contribution >= 0.6 is 0 Å². The van der Waals surface area contributed by atoms with Crippen LogP contribution in [0.4, 0.5) is 0 Å². The fourth-order valence-corrected chi connectivity index (χ4v) is 1.78. The summed E-state index contributed by atoms with van der Waals surface area (Å²) in [5.74, 6) is -0.530. The number of nitrogens with zero attached hydrogens (tertiary/aromatic N) is 2. The second-order valence-corrected chi connectivity index (χ2v) is 5.29. The summed E-state index contributed by atoms with van der Waals surface area (Å²) in [6, 6.07) is 0. The molecule has 1 rings (SSSR count).